The minimum Gasteiger partial charge on any atom is -0.300 e. The molecule has 140 valence electrons. The van der Waals surface area contributed by atoms with Gasteiger partial charge in [0.2, 0.25) is 5.91 Å². The second kappa shape index (κ2) is 6.96. The van der Waals surface area contributed by atoms with Crippen LogP contribution in [0.4, 0.5) is 5.13 Å². The number of carbonyl (C=O) groups is 1. The van der Waals surface area contributed by atoms with Crippen molar-refractivity contribution in [3.63, 3.8) is 0 Å². The maximum atomic E-state index is 12.4. The highest BCUT2D eigenvalue weighted by molar-refractivity contribution is 7.16. The van der Waals surface area contributed by atoms with Crippen molar-refractivity contribution in [1.29, 1.82) is 0 Å². The molecule has 8 heteroatoms. The summed E-state index contributed by atoms with van der Waals surface area (Å²) in [6.45, 7) is -0.0919. The molecule has 1 N–H and O–H groups in total. The van der Waals surface area contributed by atoms with Gasteiger partial charge in [-0.05, 0) is 47.9 Å². The molecule has 0 radical (unpaired) electrons. The van der Waals surface area contributed by atoms with Crippen LogP contribution in [-0.2, 0) is 24.2 Å². The fourth-order valence-corrected chi connectivity index (χ4v) is 4.97. The van der Waals surface area contributed by atoms with Crippen LogP contribution >= 0.6 is 22.7 Å². The Morgan fingerprint density at radius 2 is 2.07 bits per heavy atom. The number of nitrogens with zero attached hydrogens (tertiary/aromatic N) is 3. The lowest BCUT2D eigenvalue weighted by molar-refractivity contribution is -0.116. The first kappa shape index (κ1) is 17.3. The topological polar surface area (TPSA) is 76.9 Å². The second-order valence-electron chi connectivity index (χ2n) is 6.74. The molecule has 6 nitrogen and oxygen atoms in total. The number of hydrogen-bond acceptors (Lipinski definition) is 6. The highest BCUT2D eigenvalue weighted by Gasteiger charge is 2.14. The van der Waals surface area contributed by atoms with Gasteiger partial charge in [0.05, 0.1) is 17.4 Å². The lowest BCUT2D eigenvalue weighted by atomic mass is 10.1. The van der Waals surface area contributed by atoms with Gasteiger partial charge in [0.25, 0.3) is 5.56 Å². The molecule has 3 heterocycles. The first-order valence-corrected chi connectivity index (χ1v) is 10.7. The zero-order valence-corrected chi connectivity index (χ0v) is 16.5. The van der Waals surface area contributed by atoms with E-state index in [0.717, 1.165) is 24.1 Å². The third-order valence-corrected chi connectivity index (χ3v) is 6.49. The van der Waals surface area contributed by atoms with Gasteiger partial charge in [0.1, 0.15) is 11.4 Å². The van der Waals surface area contributed by atoms with E-state index in [1.54, 1.807) is 6.07 Å². The number of thiophene rings is 1. The predicted molar refractivity (Wildman–Crippen MR) is 112 cm³/mol. The molecule has 0 bridgehead atoms. The van der Waals surface area contributed by atoms with E-state index in [0.29, 0.717) is 15.3 Å². The van der Waals surface area contributed by atoms with Crippen LogP contribution in [0.15, 0.2) is 46.1 Å². The van der Waals surface area contributed by atoms with Crippen LogP contribution in [0, 0.1) is 0 Å². The number of fused-ring (bicyclic) bond motifs is 2. The standard InChI is InChI=1S/C20H16N4O2S2/c25-17(9-24-11-21-18-15(19(24)26)6-7-27-18)23-20-22-16(10-28-20)14-5-4-12-2-1-3-13(12)8-14/h4-8,10-11H,1-3,9H2,(H,22,23,25). The molecule has 4 aromatic rings. The summed E-state index contributed by atoms with van der Waals surface area (Å²) < 4.78 is 1.32. The molecule has 1 aromatic carbocycles. The largest absolute Gasteiger partial charge is 0.300 e. The van der Waals surface area contributed by atoms with Gasteiger partial charge in [0, 0.05) is 10.9 Å². The third kappa shape index (κ3) is 3.14. The summed E-state index contributed by atoms with van der Waals surface area (Å²) in [7, 11) is 0. The van der Waals surface area contributed by atoms with E-state index in [1.807, 2.05) is 10.8 Å². The SMILES string of the molecule is O=C(Cn1cnc2sccc2c1=O)Nc1nc(-c2ccc3c(c2)CCC3)cs1. The van der Waals surface area contributed by atoms with Gasteiger partial charge in [-0.25, -0.2) is 9.97 Å². The fraction of sp³-hybridized carbons (Fsp3) is 0.200. The summed E-state index contributed by atoms with van der Waals surface area (Å²) in [6, 6.07) is 8.19. The van der Waals surface area contributed by atoms with Crippen molar-refractivity contribution in [3.05, 3.63) is 62.8 Å². The Kier molecular flexibility index (Phi) is 4.29. The van der Waals surface area contributed by atoms with Crippen LogP contribution in [-0.4, -0.2) is 20.4 Å². The normalized spacial score (nSPS) is 13.0. The molecule has 0 saturated heterocycles. The molecule has 1 aliphatic rings. The molecular formula is C20H16N4O2S2. The molecule has 0 spiro atoms. The Bertz CT molecular complexity index is 1250. The lowest BCUT2D eigenvalue weighted by Crippen LogP contribution is -2.27. The Labute approximate surface area is 168 Å². The summed E-state index contributed by atoms with van der Waals surface area (Å²) in [5.74, 6) is -0.298. The summed E-state index contributed by atoms with van der Waals surface area (Å²) in [6.07, 6.45) is 4.90. The number of anilines is 1. The third-order valence-electron chi connectivity index (χ3n) is 4.91. The Balaban J connectivity index is 1.32. The summed E-state index contributed by atoms with van der Waals surface area (Å²) in [5, 5.41) is 7.61. The van der Waals surface area contributed by atoms with Gasteiger partial charge >= 0.3 is 0 Å². The summed E-state index contributed by atoms with van der Waals surface area (Å²) in [5.41, 5.74) is 4.54. The highest BCUT2D eigenvalue weighted by Crippen LogP contribution is 2.30. The number of rotatable bonds is 4. The first-order valence-electron chi connectivity index (χ1n) is 8.97. The number of aromatic nitrogens is 3. The van der Waals surface area contributed by atoms with E-state index in [4.69, 9.17) is 0 Å². The quantitative estimate of drug-likeness (QED) is 0.558. The molecular weight excluding hydrogens is 392 g/mol. The van der Waals surface area contributed by atoms with Gasteiger partial charge < -0.3 is 5.32 Å². The maximum absolute atomic E-state index is 12.4. The van der Waals surface area contributed by atoms with Crippen LogP contribution in [0.2, 0.25) is 0 Å². The zero-order chi connectivity index (χ0) is 19.1. The van der Waals surface area contributed by atoms with E-state index < -0.39 is 0 Å². The number of carbonyl (C=O) groups excluding carboxylic acids is 1. The number of nitrogens with one attached hydrogen (secondary N) is 1. The smallest absolute Gasteiger partial charge is 0.262 e. The van der Waals surface area contributed by atoms with Crippen molar-refractivity contribution in [2.45, 2.75) is 25.8 Å². The average molecular weight is 409 g/mol. The van der Waals surface area contributed by atoms with Crippen molar-refractivity contribution >= 4 is 43.9 Å². The maximum Gasteiger partial charge on any atom is 0.262 e. The van der Waals surface area contributed by atoms with E-state index in [1.165, 1.54) is 51.1 Å². The monoisotopic (exact) mass is 408 g/mol. The summed E-state index contributed by atoms with van der Waals surface area (Å²) in [4.78, 5) is 34.2. The van der Waals surface area contributed by atoms with Crippen LogP contribution in [0.25, 0.3) is 21.5 Å². The predicted octanol–water partition coefficient (Wildman–Crippen LogP) is 3.71. The summed E-state index contributed by atoms with van der Waals surface area (Å²) >= 11 is 2.79. The number of thiazole rings is 1. The van der Waals surface area contributed by atoms with E-state index in [2.05, 4.69) is 33.5 Å². The zero-order valence-electron chi connectivity index (χ0n) is 14.8. The molecule has 0 atom stereocenters. The Hall–Kier alpha value is -2.84. The van der Waals surface area contributed by atoms with E-state index >= 15 is 0 Å². The van der Waals surface area contributed by atoms with Crippen molar-refractivity contribution in [1.82, 2.24) is 14.5 Å². The van der Waals surface area contributed by atoms with Crippen molar-refractivity contribution in [3.8, 4) is 11.3 Å². The number of amides is 1. The molecule has 3 aromatic heterocycles. The minimum absolute atomic E-state index is 0.0919. The van der Waals surface area contributed by atoms with E-state index in [9.17, 15) is 9.59 Å². The molecule has 5 rings (SSSR count). The van der Waals surface area contributed by atoms with Gasteiger partial charge in [0.15, 0.2) is 5.13 Å². The van der Waals surface area contributed by atoms with Crippen molar-refractivity contribution in [2.75, 3.05) is 5.32 Å². The Morgan fingerprint density at radius 3 is 3.00 bits per heavy atom. The molecule has 0 unspecified atom stereocenters. The number of hydrogen-bond donors (Lipinski definition) is 1. The van der Waals surface area contributed by atoms with Crippen molar-refractivity contribution < 1.29 is 4.79 Å². The van der Waals surface area contributed by atoms with Gasteiger partial charge in [-0.15, -0.1) is 22.7 Å². The molecule has 1 aliphatic carbocycles. The molecule has 1 amide bonds. The number of benzene rings is 1. The lowest BCUT2D eigenvalue weighted by Gasteiger charge is -2.05. The second-order valence-corrected chi connectivity index (χ2v) is 8.49. The molecule has 0 saturated carbocycles. The molecule has 0 fully saturated rings. The van der Waals surface area contributed by atoms with Crippen LogP contribution in [0.5, 0.6) is 0 Å². The van der Waals surface area contributed by atoms with Crippen LogP contribution in [0.3, 0.4) is 0 Å². The Morgan fingerprint density at radius 1 is 1.18 bits per heavy atom. The van der Waals surface area contributed by atoms with Crippen LogP contribution in [0.1, 0.15) is 17.5 Å². The number of aryl methyl sites for hydroxylation is 2. The van der Waals surface area contributed by atoms with Crippen molar-refractivity contribution in [2.24, 2.45) is 0 Å². The van der Waals surface area contributed by atoms with Crippen LogP contribution < -0.4 is 10.9 Å². The first-order chi connectivity index (χ1) is 13.7. The molecule has 0 aliphatic heterocycles. The average Bonchev–Trinajstić information content (AvgIpc) is 3.43. The van der Waals surface area contributed by atoms with Gasteiger partial charge in [-0.2, -0.15) is 0 Å². The minimum atomic E-state index is -0.298. The molecule has 28 heavy (non-hydrogen) atoms. The van der Waals surface area contributed by atoms with Gasteiger partial charge in [-0.1, -0.05) is 12.1 Å². The fourth-order valence-electron chi connectivity index (χ4n) is 3.51. The van der Waals surface area contributed by atoms with Gasteiger partial charge in [-0.3, -0.25) is 14.2 Å². The van der Waals surface area contributed by atoms with E-state index in [-0.39, 0.29) is 18.0 Å². The highest BCUT2D eigenvalue weighted by atomic mass is 32.1.